The lowest BCUT2D eigenvalue weighted by Crippen LogP contribution is -2.17. The minimum absolute atomic E-state index is 0.0199. The average molecular weight is 257 g/mol. The molecule has 0 aliphatic heterocycles. The molecule has 1 atom stereocenters. The minimum atomic E-state index is 0.0199. The van der Waals surface area contributed by atoms with Crippen LogP contribution in [0.3, 0.4) is 0 Å². The summed E-state index contributed by atoms with van der Waals surface area (Å²) in [7, 11) is 0. The third-order valence-electron chi connectivity index (χ3n) is 3.43. The number of benzene rings is 1. The van der Waals surface area contributed by atoms with Gasteiger partial charge in [0.1, 0.15) is 0 Å². The first-order valence-corrected chi connectivity index (χ1v) is 7.10. The number of hydrogen-bond acceptors (Lipinski definition) is 2. The van der Waals surface area contributed by atoms with Gasteiger partial charge in [0.2, 0.25) is 0 Å². The smallest absolute Gasteiger partial charge is 0.0948 e. The lowest BCUT2D eigenvalue weighted by atomic mass is 10.0. The maximum atomic E-state index is 6.32. The number of imidazole rings is 1. The summed E-state index contributed by atoms with van der Waals surface area (Å²) in [6, 6.07) is 10.4. The molecule has 102 valence electrons. The van der Waals surface area contributed by atoms with Gasteiger partial charge in [-0.15, -0.1) is 0 Å². The Morgan fingerprint density at radius 1 is 1.21 bits per heavy atom. The van der Waals surface area contributed by atoms with E-state index in [0.29, 0.717) is 0 Å². The molecular weight excluding hydrogens is 234 g/mol. The Bertz CT molecular complexity index is 476. The fourth-order valence-electron chi connectivity index (χ4n) is 2.33. The molecule has 0 saturated heterocycles. The first-order valence-electron chi connectivity index (χ1n) is 7.10. The van der Waals surface area contributed by atoms with Crippen LogP contribution in [-0.4, -0.2) is 9.55 Å². The molecule has 1 aromatic heterocycles. The maximum absolute atomic E-state index is 6.32. The zero-order valence-electron chi connectivity index (χ0n) is 11.6. The van der Waals surface area contributed by atoms with Crippen LogP contribution >= 0.6 is 0 Å². The third-order valence-corrected chi connectivity index (χ3v) is 3.43. The Morgan fingerprint density at radius 2 is 2.00 bits per heavy atom. The van der Waals surface area contributed by atoms with E-state index in [9.17, 15) is 0 Å². The number of hydrogen-bond donors (Lipinski definition) is 1. The van der Waals surface area contributed by atoms with Gasteiger partial charge in [-0.25, -0.2) is 4.98 Å². The van der Waals surface area contributed by atoms with E-state index >= 15 is 0 Å². The van der Waals surface area contributed by atoms with Gasteiger partial charge in [-0.3, -0.25) is 0 Å². The SMILES string of the molecule is CCCCCn1cncc1[C@H](N)Cc1ccccc1. The molecule has 1 aromatic carbocycles. The fourth-order valence-corrected chi connectivity index (χ4v) is 2.33. The molecule has 0 bridgehead atoms. The lowest BCUT2D eigenvalue weighted by Gasteiger charge is -2.14. The third kappa shape index (κ3) is 3.93. The normalized spacial score (nSPS) is 12.5. The second-order valence-electron chi connectivity index (χ2n) is 5.02. The van der Waals surface area contributed by atoms with Crippen LogP contribution in [0, 0.1) is 0 Å². The Hall–Kier alpha value is -1.61. The van der Waals surface area contributed by atoms with Crippen LogP contribution in [-0.2, 0) is 13.0 Å². The zero-order valence-corrected chi connectivity index (χ0v) is 11.6. The standard InChI is InChI=1S/C16H23N3/c1-2-3-7-10-19-13-18-12-16(19)15(17)11-14-8-5-4-6-9-14/h4-6,8-9,12-13,15H,2-3,7,10-11,17H2,1H3/t15-/m1/s1. The van der Waals surface area contributed by atoms with Crippen molar-refractivity contribution in [1.82, 2.24) is 9.55 Å². The predicted molar refractivity (Wildman–Crippen MR) is 78.8 cm³/mol. The monoisotopic (exact) mass is 257 g/mol. The highest BCUT2D eigenvalue weighted by Gasteiger charge is 2.11. The number of aromatic nitrogens is 2. The molecule has 2 rings (SSSR count). The van der Waals surface area contributed by atoms with Crippen LogP contribution in [0.5, 0.6) is 0 Å². The molecule has 0 aliphatic rings. The van der Waals surface area contributed by atoms with Crippen LogP contribution in [0.1, 0.15) is 43.5 Å². The molecule has 3 heteroatoms. The second-order valence-corrected chi connectivity index (χ2v) is 5.02. The Morgan fingerprint density at radius 3 is 2.74 bits per heavy atom. The quantitative estimate of drug-likeness (QED) is 0.773. The maximum Gasteiger partial charge on any atom is 0.0948 e. The van der Waals surface area contributed by atoms with Gasteiger partial charge in [0.15, 0.2) is 0 Å². The molecule has 0 unspecified atom stereocenters. The van der Waals surface area contributed by atoms with Crippen LogP contribution in [0.15, 0.2) is 42.9 Å². The van der Waals surface area contributed by atoms with Crippen LogP contribution in [0.4, 0.5) is 0 Å². The Labute approximate surface area is 115 Å². The number of aryl methyl sites for hydroxylation is 1. The van der Waals surface area contributed by atoms with E-state index in [2.05, 4.69) is 40.7 Å². The van der Waals surface area contributed by atoms with Crippen molar-refractivity contribution >= 4 is 0 Å². The Balaban J connectivity index is 1.99. The summed E-state index contributed by atoms with van der Waals surface area (Å²) in [6.07, 6.45) is 8.35. The molecule has 0 saturated carbocycles. The van der Waals surface area contributed by atoms with E-state index in [1.165, 1.54) is 24.8 Å². The molecule has 0 fully saturated rings. The second kappa shape index (κ2) is 7.10. The zero-order chi connectivity index (χ0) is 13.5. The fraction of sp³-hybridized carbons (Fsp3) is 0.438. The van der Waals surface area contributed by atoms with Crippen molar-refractivity contribution in [2.24, 2.45) is 5.73 Å². The molecule has 0 amide bonds. The van der Waals surface area contributed by atoms with Gasteiger partial charge in [0.25, 0.3) is 0 Å². The molecule has 1 heterocycles. The molecular formula is C16H23N3. The number of unbranched alkanes of at least 4 members (excludes halogenated alkanes) is 2. The van der Waals surface area contributed by atoms with Crippen molar-refractivity contribution in [2.75, 3.05) is 0 Å². The summed E-state index contributed by atoms with van der Waals surface area (Å²) in [5.74, 6) is 0. The highest BCUT2D eigenvalue weighted by Crippen LogP contribution is 2.16. The first-order chi connectivity index (χ1) is 9.31. The van der Waals surface area contributed by atoms with Crippen molar-refractivity contribution < 1.29 is 0 Å². The highest BCUT2D eigenvalue weighted by molar-refractivity contribution is 5.18. The molecule has 19 heavy (non-hydrogen) atoms. The summed E-state index contributed by atoms with van der Waals surface area (Å²) < 4.78 is 2.20. The van der Waals surface area contributed by atoms with E-state index in [0.717, 1.165) is 18.7 Å². The van der Waals surface area contributed by atoms with Crippen molar-refractivity contribution in [3.8, 4) is 0 Å². The van der Waals surface area contributed by atoms with E-state index in [1.54, 1.807) is 0 Å². The Kier molecular flexibility index (Phi) is 5.16. The van der Waals surface area contributed by atoms with Gasteiger partial charge in [-0.2, -0.15) is 0 Å². The summed E-state index contributed by atoms with van der Waals surface area (Å²) in [5, 5.41) is 0. The van der Waals surface area contributed by atoms with Gasteiger partial charge < -0.3 is 10.3 Å². The van der Waals surface area contributed by atoms with Gasteiger partial charge in [-0.05, 0) is 18.4 Å². The van der Waals surface area contributed by atoms with Crippen molar-refractivity contribution in [3.63, 3.8) is 0 Å². The number of nitrogens with two attached hydrogens (primary N) is 1. The van der Waals surface area contributed by atoms with E-state index in [4.69, 9.17) is 5.73 Å². The highest BCUT2D eigenvalue weighted by atomic mass is 15.1. The molecule has 2 N–H and O–H groups in total. The van der Waals surface area contributed by atoms with E-state index in [-0.39, 0.29) is 6.04 Å². The minimum Gasteiger partial charge on any atom is -0.333 e. The molecule has 2 aromatic rings. The van der Waals surface area contributed by atoms with Crippen molar-refractivity contribution in [3.05, 3.63) is 54.1 Å². The van der Waals surface area contributed by atoms with Gasteiger partial charge in [0, 0.05) is 12.7 Å². The van der Waals surface area contributed by atoms with Gasteiger partial charge >= 0.3 is 0 Å². The summed E-state index contributed by atoms with van der Waals surface area (Å²) in [4.78, 5) is 4.25. The van der Waals surface area contributed by atoms with Crippen LogP contribution in [0.2, 0.25) is 0 Å². The van der Waals surface area contributed by atoms with Crippen LogP contribution < -0.4 is 5.73 Å². The average Bonchev–Trinajstić information content (AvgIpc) is 2.89. The summed E-state index contributed by atoms with van der Waals surface area (Å²) in [5.41, 5.74) is 8.73. The van der Waals surface area contributed by atoms with Crippen molar-refractivity contribution in [1.29, 1.82) is 0 Å². The molecule has 0 aliphatic carbocycles. The summed E-state index contributed by atoms with van der Waals surface area (Å²) in [6.45, 7) is 3.24. The number of nitrogens with zero attached hydrogens (tertiary/aromatic N) is 2. The number of rotatable bonds is 7. The van der Waals surface area contributed by atoms with Gasteiger partial charge in [0.05, 0.1) is 18.1 Å². The van der Waals surface area contributed by atoms with E-state index in [1.807, 2.05) is 18.6 Å². The summed E-state index contributed by atoms with van der Waals surface area (Å²) >= 11 is 0. The van der Waals surface area contributed by atoms with E-state index < -0.39 is 0 Å². The van der Waals surface area contributed by atoms with Crippen molar-refractivity contribution in [2.45, 2.75) is 45.2 Å². The topological polar surface area (TPSA) is 43.8 Å². The largest absolute Gasteiger partial charge is 0.333 e. The lowest BCUT2D eigenvalue weighted by molar-refractivity contribution is 0.555. The molecule has 3 nitrogen and oxygen atoms in total. The van der Waals surface area contributed by atoms with Crippen LogP contribution in [0.25, 0.3) is 0 Å². The first kappa shape index (κ1) is 13.8. The molecule has 0 spiro atoms. The van der Waals surface area contributed by atoms with Gasteiger partial charge in [-0.1, -0.05) is 50.1 Å². The molecule has 0 radical (unpaired) electrons. The predicted octanol–water partition coefficient (Wildman–Crippen LogP) is 3.32.